The van der Waals surface area contributed by atoms with Crippen LogP contribution >= 0.6 is 0 Å². The number of allylic oxidation sites excluding steroid dienone is 1. The monoisotopic (exact) mass is 699 g/mol. The third-order valence-corrected chi connectivity index (χ3v) is 15.5. The van der Waals surface area contributed by atoms with Crippen LogP contribution in [0.2, 0.25) is 5.04 Å². The minimum absolute atomic E-state index is 0.134. The summed E-state index contributed by atoms with van der Waals surface area (Å²) in [5.74, 6) is -3.87. The number of carbonyl (C=O) groups is 2. The van der Waals surface area contributed by atoms with Crippen molar-refractivity contribution in [2.24, 2.45) is 17.8 Å². The molecule has 3 aromatic carbocycles. The van der Waals surface area contributed by atoms with E-state index in [1.807, 2.05) is 49.4 Å². The number of likely N-dealkylation sites (tertiary alicyclic amines) is 1. The molecule has 266 valence electrons. The lowest BCUT2D eigenvalue weighted by molar-refractivity contribution is -0.138. The van der Waals surface area contributed by atoms with Gasteiger partial charge in [0.15, 0.2) is 11.6 Å². The van der Waals surface area contributed by atoms with E-state index in [1.165, 1.54) is 19.2 Å². The fraction of sp³-hybridized carbons (Fsp3) is 0.415. The van der Waals surface area contributed by atoms with E-state index >= 15 is 0 Å². The van der Waals surface area contributed by atoms with Crippen LogP contribution < -0.4 is 10.4 Å². The summed E-state index contributed by atoms with van der Waals surface area (Å²) in [5.41, 5.74) is 2.95. The third kappa shape index (κ3) is 7.28. The zero-order valence-electron chi connectivity index (χ0n) is 29.7. The van der Waals surface area contributed by atoms with Crippen LogP contribution in [0.15, 0.2) is 95.6 Å². The summed E-state index contributed by atoms with van der Waals surface area (Å²) in [6.07, 6.45) is 3.48. The number of aliphatic hydroxyl groups excluding tert-OH is 2. The van der Waals surface area contributed by atoms with Crippen LogP contribution in [-0.4, -0.2) is 66.7 Å². The molecule has 50 heavy (non-hydrogen) atoms. The summed E-state index contributed by atoms with van der Waals surface area (Å²) < 4.78 is 21.4. The Labute approximate surface area is 296 Å². The van der Waals surface area contributed by atoms with E-state index in [0.29, 0.717) is 24.0 Å². The maximum Gasteiger partial charge on any atom is 0.261 e. The Bertz CT molecular complexity index is 1700. The molecular formula is C41H50FNO6Si. The van der Waals surface area contributed by atoms with Crippen molar-refractivity contribution in [3.8, 4) is 5.75 Å². The van der Waals surface area contributed by atoms with Crippen molar-refractivity contribution in [2.45, 2.75) is 70.9 Å². The molecule has 7 nitrogen and oxygen atoms in total. The van der Waals surface area contributed by atoms with Gasteiger partial charge in [0, 0.05) is 13.0 Å². The van der Waals surface area contributed by atoms with Crippen LogP contribution in [0.25, 0.3) is 6.08 Å². The van der Waals surface area contributed by atoms with E-state index in [2.05, 4.69) is 45.0 Å². The second-order valence-corrected chi connectivity index (χ2v) is 19.0. The fourth-order valence-corrected chi connectivity index (χ4v) is 12.7. The highest BCUT2D eigenvalue weighted by Crippen LogP contribution is 2.47. The molecular weight excluding hydrogens is 650 g/mol. The molecule has 0 unspecified atom stereocenters. The number of hydrogen-bond donors (Lipinski definition) is 3. The summed E-state index contributed by atoms with van der Waals surface area (Å²) in [5, 5.41) is 34.4. The summed E-state index contributed by atoms with van der Waals surface area (Å²) in [6, 6.07) is 24.7. The Morgan fingerprint density at radius 3 is 2.16 bits per heavy atom. The highest BCUT2D eigenvalue weighted by molar-refractivity contribution is 6.99. The molecule has 2 aliphatic rings. The topological polar surface area (TPSA) is 107 Å². The van der Waals surface area contributed by atoms with E-state index in [0.717, 1.165) is 39.3 Å². The van der Waals surface area contributed by atoms with Crippen molar-refractivity contribution in [1.82, 2.24) is 4.90 Å². The molecule has 1 saturated heterocycles. The first-order chi connectivity index (χ1) is 23.8. The SMILES string of the molecule is CCC/C(=C\c1ccc(O)c(F)c1)CC[C@@H](O)C1=C(CO[Si](c2ccccc2)(c2ccccc2)C(C)(C)C)C[C@H]2C(=O)N(C)C(=O)[C@H]2[C@H]1CO. The molecule has 9 heteroatoms. The van der Waals surface area contributed by atoms with Gasteiger partial charge in [-0.1, -0.05) is 112 Å². The van der Waals surface area contributed by atoms with Gasteiger partial charge in [0.1, 0.15) is 0 Å². The number of halogens is 1. The number of amides is 2. The van der Waals surface area contributed by atoms with E-state index in [4.69, 9.17) is 4.43 Å². The van der Waals surface area contributed by atoms with E-state index < -0.39 is 50.3 Å². The first-order valence-corrected chi connectivity index (χ1v) is 19.5. The lowest BCUT2D eigenvalue weighted by Gasteiger charge is -2.44. The average molecular weight is 700 g/mol. The molecule has 3 aromatic rings. The minimum atomic E-state index is -3.00. The number of rotatable bonds is 13. The number of benzene rings is 3. The Morgan fingerprint density at radius 1 is 1.00 bits per heavy atom. The molecule has 5 rings (SSSR count). The Morgan fingerprint density at radius 2 is 1.62 bits per heavy atom. The van der Waals surface area contributed by atoms with Crippen molar-refractivity contribution in [1.29, 1.82) is 0 Å². The van der Waals surface area contributed by atoms with Crippen molar-refractivity contribution in [2.75, 3.05) is 20.3 Å². The first-order valence-electron chi connectivity index (χ1n) is 17.6. The zero-order valence-corrected chi connectivity index (χ0v) is 30.7. The lowest BCUT2D eigenvalue weighted by atomic mass is 9.68. The number of phenolic OH excluding ortho intramolecular Hbond substituents is 1. The maximum atomic E-state index is 14.1. The quantitative estimate of drug-likeness (QED) is 0.115. The molecule has 1 aliphatic heterocycles. The molecule has 0 aromatic heterocycles. The van der Waals surface area contributed by atoms with Gasteiger partial charge in [-0.05, 0) is 69.9 Å². The third-order valence-electron chi connectivity index (χ3n) is 10.5. The number of phenols is 1. The molecule has 2 amide bonds. The predicted molar refractivity (Wildman–Crippen MR) is 197 cm³/mol. The number of imide groups is 1. The van der Waals surface area contributed by atoms with Gasteiger partial charge in [-0.15, -0.1) is 0 Å². The largest absolute Gasteiger partial charge is 0.505 e. The number of aromatic hydroxyl groups is 1. The van der Waals surface area contributed by atoms with Crippen molar-refractivity contribution in [3.05, 3.63) is 107 Å². The van der Waals surface area contributed by atoms with E-state index in [9.17, 15) is 29.3 Å². The van der Waals surface area contributed by atoms with Crippen LogP contribution in [0.4, 0.5) is 4.39 Å². The normalized spacial score (nSPS) is 20.8. The van der Waals surface area contributed by atoms with Gasteiger partial charge in [-0.2, -0.15) is 0 Å². The molecule has 1 aliphatic carbocycles. The second-order valence-electron chi connectivity index (χ2n) is 14.7. The van der Waals surface area contributed by atoms with Gasteiger partial charge in [0.05, 0.1) is 31.2 Å². The maximum absolute atomic E-state index is 14.1. The van der Waals surface area contributed by atoms with Gasteiger partial charge in [-0.3, -0.25) is 14.5 Å². The highest BCUT2D eigenvalue weighted by Gasteiger charge is 2.55. The molecule has 1 fully saturated rings. The fourth-order valence-electron chi connectivity index (χ4n) is 8.12. The van der Waals surface area contributed by atoms with Gasteiger partial charge in [-0.25, -0.2) is 4.39 Å². The number of aliphatic hydroxyl groups is 2. The van der Waals surface area contributed by atoms with Gasteiger partial charge < -0.3 is 19.7 Å². The first kappa shape index (κ1) is 37.4. The minimum Gasteiger partial charge on any atom is -0.505 e. The molecule has 0 bridgehead atoms. The molecule has 0 saturated carbocycles. The lowest BCUT2D eigenvalue weighted by Crippen LogP contribution is -2.66. The van der Waals surface area contributed by atoms with Crippen LogP contribution in [0.3, 0.4) is 0 Å². The van der Waals surface area contributed by atoms with Crippen LogP contribution in [0, 0.1) is 23.6 Å². The summed E-state index contributed by atoms with van der Waals surface area (Å²) in [7, 11) is -1.52. The predicted octanol–water partition coefficient (Wildman–Crippen LogP) is 5.97. The van der Waals surface area contributed by atoms with Crippen LogP contribution in [-0.2, 0) is 14.0 Å². The molecule has 3 N–H and O–H groups in total. The average Bonchev–Trinajstić information content (AvgIpc) is 3.31. The standard InChI is InChI=1S/C41H50FNO6Si/c1-6-13-27(22-28-19-20-35(45)34(42)23-28)18-21-36(46)37-29(24-32-38(33(37)25-44)40(48)43(5)39(32)47)26-49-50(41(2,3)4,30-14-9-7-10-15-30)31-16-11-8-12-17-31/h7-12,14-17,19-20,22-23,32-33,36,38,44-46H,6,13,18,21,24-26H2,1-5H3/b27-22+/t32-,33+,36-,38-/m1/s1. The number of hydrogen-bond acceptors (Lipinski definition) is 6. The van der Waals surface area contributed by atoms with E-state index in [-0.39, 0.29) is 29.9 Å². The number of nitrogens with zero attached hydrogens (tertiary/aromatic N) is 1. The summed E-state index contributed by atoms with van der Waals surface area (Å²) in [6.45, 7) is 8.35. The van der Waals surface area contributed by atoms with Crippen LogP contribution in [0.5, 0.6) is 5.75 Å². The summed E-state index contributed by atoms with van der Waals surface area (Å²) >= 11 is 0. The zero-order chi connectivity index (χ0) is 36.2. The van der Waals surface area contributed by atoms with Gasteiger partial charge in [0.2, 0.25) is 11.8 Å². The Balaban J connectivity index is 1.56. The summed E-state index contributed by atoms with van der Waals surface area (Å²) in [4.78, 5) is 28.0. The molecule has 0 spiro atoms. The molecule has 1 heterocycles. The highest BCUT2D eigenvalue weighted by atomic mass is 28.4. The molecule has 0 radical (unpaired) electrons. The van der Waals surface area contributed by atoms with E-state index in [1.54, 1.807) is 6.07 Å². The van der Waals surface area contributed by atoms with Crippen molar-refractivity contribution >= 4 is 36.6 Å². The molecule has 4 atom stereocenters. The Hall–Kier alpha value is -3.89. The van der Waals surface area contributed by atoms with Gasteiger partial charge in [0.25, 0.3) is 8.32 Å². The smallest absolute Gasteiger partial charge is 0.261 e. The van der Waals surface area contributed by atoms with Gasteiger partial charge >= 0.3 is 0 Å². The number of fused-ring (bicyclic) bond motifs is 1. The van der Waals surface area contributed by atoms with Crippen molar-refractivity contribution < 1.29 is 33.7 Å². The number of carbonyl (C=O) groups excluding carboxylic acids is 2. The Kier molecular flexibility index (Phi) is 11.6. The van der Waals surface area contributed by atoms with Crippen molar-refractivity contribution in [3.63, 3.8) is 0 Å². The van der Waals surface area contributed by atoms with Crippen LogP contribution in [0.1, 0.15) is 65.4 Å². The second kappa shape index (κ2) is 15.6.